The van der Waals surface area contributed by atoms with Crippen LogP contribution < -0.4 is 10.6 Å². The molecule has 2 unspecified atom stereocenters. The van der Waals surface area contributed by atoms with Crippen LogP contribution in [0.1, 0.15) is 38.7 Å². The van der Waals surface area contributed by atoms with Crippen molar-refractivity contribution in [3.63, 3.8) is 0 Å². The largest absolute Gasteiger partial charge is 0.368 e. The fourth-order valence-corrected chi connectivity index (χ4v) is 3.07. The van der Waals surface area contributed by atoms with E-state index in [2.05, 4.69) is 59.8 Å². The molecule has 1 aromatic rings. The van der Waals surface area contributed by atoms with Gasteiger partial charge in [0.1, 0.15) is 0 Å². The number of hydrogen-bond donors (Lipinski definition) is 1. The minimum absolute atomic E-state index is 0.263. The van der Waals surface area contributed by atoms with Gasteiger partial charge in [-0.3, -0.25) is 0 Å². The zero-order valence-corrected chi connectivity index (χ0v) is 12.4. The van der Waals surface area contributed by atoms with Crippen LogP contribution in [0.3, 0.4) is 0 Å². The summed E-state index contributed by atoms with van der Waals surface area (Å²) in [5, 5.41) is 0. The lowest BCUT2D eigenvalue weighted by atomic mass is 9.95. The van der Waals surface area contributed by atoms with Crippen molar-refractivity contribution in [1.82, 2.24) is 0 Å². The van der Waals surface area contributed by atoms with Gasteiger partial charge in [-0.25, -0.2) is 0 Å². The second-order valence-corrected chi connectivity index (χ2v) is 6.27. The highest BCUT2D eigenvalue weighted by atomic mass is 79.9. The van der Waals surface area contributed by atoms with Gasteiger partial charge >= 0.3 is 0 Å². The van der Waals surface area contributed by atoms with Crippen LogP contribution in [0.4, 0.5) is 5.69 Å². The van der Waals surface area contributed by atoms with Crippen molar-refractivity contribution in [3.05, 3.63) is 28.2 Å². The summed E-state index contributed by atoms with van der Waals surface area (Å²) < 4.78 is 1.16. The van der Waals surface area contributed by atoms with Gasteiger partial charge in [0, 0.05) is 34.7 Å². The molecule has 1 aliphatic rings. The number of benzene rings is 1. The molecule has 17 heavy (non-hydrogen) atoms. The Bertz CT molecular complexity index is 401. The fraction of sp³-hybridized carbons (Fsp3) is 0.571. The molecule has 2 atom stereocenters. The molecule has 3 heteroatoms. The predicted molar refractivity (Wildman–Crippen MR) is 77.6 cm³/mol. The summed E-state index contributed by atoms with van der Waals surface area (Å²) in [4.78, 5) is 2.48. The average molecular weight is 297 g/mol. The number of hydrogen-bond acceptors (Lipinski definition) is 2. The summed E-state index contributed by atoms with van der Waals surface area (Å²) in [6.45, 7) is 7.70. The summed E-state index contributed by atoms with van der Waals surface area (Å²) in [6.07, 6.45) is 1.06. The number of anilines is 1. The Morgan fingerprint density at radius 3 is 2.71 bits per heavy atom. The molecule has 2 rings (SSSR count). The molecular formula is C14H21BrN2. The first-order valence-electron chi connectivity index (χ1n) is 6.30. The molecule has 0 spiro atoms. The maximum Gasteiger partial charge on any atom is 0.0405 e. The first kappa shape index (κ1) is 12.9. The number of halogens is 1. The predicted octanol–water partition coefficient (Wildman–Crippen LogP) is 3.50. The van der Waals surface area contributed by atoms with E-state index in [1.807, 2.05) is 0 Å². The van der Waals surface area contributed by atoms with E-state index in [4.69, 9.17) is 5.73 Å². The van der Waals surface area contributed by atoms with Gasteiger partial charge in [-0.15, -0.1) is 0 Å². The molecule has 2 nitrogen and oxygen atoms in total. The number of rotatable bonds is 3. The quantitative estimate of drug-likeness (QED) is 0.925. The van der Waals surface area contributed by atoms with Crippen LogP contribution in [-0.4, -0.2) is 18.6 Å². The molecule has 94 valence electrons. The smallest absolute Gasteiger partial charge is 0.0405 e. The zero-order valence-electron chi connectivity index (χ0n) is 10.8. The third-order valence-electron chi connectivity index (χ3n) is 3.44. The highest BCUT2D eigenvalue weighted by Gasteiger charge is 2.30. The second kappa shape index (κ2) is 4.99. The Balaban J connectivity index is 2.34. The topological polar surface area (TPSA) is 29.3 Å². The lowest BCUT2D eigenvalue weighted by molar-refractivity contribution is 0.552. The van der Waals surface area contributed by atoms with Crippen molar-refractivity contribution >= 4 is 21.6 Å². The molecule has 0 radical (unpaired) electrons. The van der Waals surface area contributed by atoms with Crippen molar-refractivity contribution in [2.24, 2.45) is 5.73 Å². The molecule has 0 saturated carbocycles. The van der Waals surface area contributed by atoms with E-state index < -0.39 is 0 Å². The van der Waals surface area contributed by atoms with Crippen LogP contribution in [0.2, 0.25) is 0 Å². The zero-order chi connectivity index (χ0) is 12.6. The molecular weight excluding hydrogens is 276 g/mol. The van der Waals surface area contributed by atoms with Gasteiger partial charge in [-0.05, 0) is 51.0 Å². The van der Waals surface area contributed by atoms with Gasteiger partial charge in [0.15, 0.2) is 0 Å². The monoisotopic (exact) mass is 296 g/mol. The molecule has 2 N–H and O–H groups in total. The van der Waals surface area contributed by atoms with E-state index in [0.29, 0.717) is 12.0 Å². The lowest BCUT2D eigenvalue weighted by Crippen LogP contribution is -2.30. The third kappa shape index (κ3) is 2.66. The number of fused-ring (bicyclic) bond motifs is 1. The molecule has 1 heterocycles. The molecule has 1 aromatic carbocycles. The molecule has 0 aliphatic carbocycles. The first-order chi connectivity index (χ1) is 7.99. The van der Waals surface area contributed by atoms with Crippen molar-refractivity contribution in [3.8, 4) is 0 Å². The van der Waals surface area contributed by atoms with Gasteiger partial charge in [0.05, 0.1) is 0 Å². The van der Waals surface area contributed by atoms with E-state index >= 15 is 0 Å². The van der Waals surface area contributed by atoms with Gasteiger partial charge in [0.25, 0.3) is 0 Å². The summed E-state index contributed by atoms with van der Waals surface area (Å²) in [5.41, 5.74) is 8.79. The summed E-state index contributed by atoms with van der Waals surface area (Å²) in [5.74, 6) is 0.574. The van der Waals surface area contributed by atoms with Gasteiger partial charge in [0.2, 0.25) is 0 Å². The van der Waals surface area contributed by atoms with Crippen molar-refractivity contribution < 1.29 is 0 Å². The Morgan fingerprint density at radius 1 is 1.41 bits per heavy atom. The molecule has 0 saturated heterocycles. The van der Waals surface area contributed by atoms with E-state index in [9.17, 15) is 0 Å². The normalized spacial score (nSPS) is 20.8. The Kier molecular flexibility index (Phi) is 3.79. The number of nitrogens with two attached hydrogens (primary N) is 1. The second-order valence-electron chi connectivity index (χ2n) is 5.36. The maximum absolute atomic E-state index is 5.96. The summed E-state index contributed by atoms with van der Waals surface area (Å²) in [6, 6.07) is 7.42. The van der Waals surface area contributed by atoms with Crippen LogP contribution in [0, 0.1) is 0 Å². The molecule has 0 fully saturated rings. The van der Waals surface area contributed by atoms with Crippen molar-refractivity contribution in [1.29, 1.82) is 0 Å². The summed E-state index contributed by atoms with van der Waals surface area (Å²) >= 11 is 3.57. The minimum Gasteiger partial charge on any atom is -0.368 e. The number of nitrogens with zero attached hydrogens (tertiary/aromatic N) is 1. The van der Waals surface area contributed by atoms with Gasteiger partial charge in [-0.2, -0.15) is 0 Å². The lowest BCUT2D eigenvalue weighted by Gasteiger charge is -2.24. The maximum atomic E-state index is 5.96. The first-order valence-corrected chi connectivity index (χ1v) is 7.10. The minimum atomic E-state index is 0.263. The SMILES string of the molecule is CC(N)CC1CN(C(C)C)c2ccc(Br)cc21. The van der Waals surface area contributed by atoms with Crippen molar-refractivity contribution in [2.75, 3.05) is 11.4 Å². The Hall–Kier alpha value is -0.540. The van der Waals surface area contributed by atoms with E-state index in [0.717, 1.165) is 17.4 Å². The molecule has 1 aliphatic heterocycles. The van der Waals surface area contributed by atoms with Crippen LogP contribution in [0.5, 0.6) is 0 Å². The van der Waals surface area contributed by atoms with Crippen LogP contribution in [0.15, 0.2) is 22.7 Å². The Morgan fingerprint density at radius 2 is 2.12 bits per heavy atom. The van der Waals surface area contributed by atoms with Crippen molar-refractivity contribution in [2.45, 2.75) is 45.2 Å². The average Bonchev–Trinajstić information content (AvgIpc) is 2.56. The highest BCUT2D eigenvalue weighted by Crippen LogP contribution is 2.40. The standard InChI is InChI=1S/C14H21BrN2/c1-9(2)17-8-11(6-10(3)16)13-7-12(15)4-5-14(13)17/h4-5,7,9-11H,6,8,16H2,1-3H3. The van der Waals surface area contributed by atoms with Gasteiger partial charge < -0.3 is 10.6 Å². The third-order valence-corrected chi connectivity index (χ3v) is 3.93. The van der Waals surface area contributed by atoms with E-state index in [1.165, 1.54) is 11.3 Å². The summed E-state index contributed by atoms with van der Waals surface area (Å²) in [7, 11) is 0. The highest BCUT2D eigenvalue weighted by molar-refractivity contribution is 9.10. The van der Waals surface area contributed by atoms with E-state index in [-0.39, 0.29) is 6.04 Å². The molecule has 0 amide bonds. The van der Waals surface area contributed by atoms with Gasteiger partial charge in [-0.1, -0.05) is 15.9 Å². The van der Waals surface area contributed by atoms with Crippen LogP contribution >= 0.6 is 15.9 Å². The molecule has 0 aromatic heterocycles. The Labute approximate surface area is 112 Å². The van der Waals surface area contributed by atoms with Crippen LogP contribution in [0.25, 0.3) is 0 Å². The fourth-order valence-electron chi connectivity index (χ4n) is 2.69. The molecule has 0 bridgehead atoms. The van der Waals surface area contributed by atoms with Crippen LogP contribution in [-0.2, 0) is 0 Å². The van der Waals surface area contributed by atoms with E-state index in [1.54, 1.807) is 0 Å².